The van der Waals surface area contributed by atoms with E-state index in [-0.39, 0.29) is 0 Å². The van der Waals surface area contributed by atoms with Gasteiger partial charge in [0.15, 0.2) is 0 Å². The Morgan fingerprint density at radius 2 is 1.35 bits per heavy atom. The van der Waals surface area contributed by atoms with Gasteiger partial charge < -0.3 is 0 Å². The molecule has 0 bridgehead atoms. The number of hydrogen-bond donors (Lipinski definition) is 0. The third kappa shape index (κ3) is 7.14. The molecule has 20 heavy (non-hydrogen) atoms. The van der Waals surface area contributed by atoms with E-state index in [4.69, 9.17) is 0 Å². The smallest absolute Gasteiger partial charge is 0.0383 e. The molecule has 0 saturated heterocycles. The molecule has 0 heterocycles. The summed E-state index contributed by atoms with van der Waals surface area (Å²) in [5.74, 6) is 4.97. The van der Waals surface area contributed by atoms with Crippen LogP contribution in [-0.2, 0) is 0 Å². The first-order chi connectivity index (χ1) is 9.52. The molecule has 0 radical (unpaired) electrons. The highest BCUT2D eigenvalue weighted by molar-refractivity contribution is 4.83. The summed E-state index contributed by atoms with van der Waals surface area (Å²) in [4.78, 5) is 0. The van der Waals surface area contributed by atoms with E-state index in [2.05, 4.69) is 34.6 Å². The fourth-order valence-electron chi connectivity index (χ4n) is 4.11. The quantitative estimate of drug-likeness (QED) is 0.401. The van der Waals surface area contributed by atoms with Crippen LogP contribution >= 0.6 is 0 Å². The molecule has 3 atom stereocenters. The van der Waals surface area contributed by atoms with Gasteiger partial charge in [0, 0.05) is 0 Å². The Labute approximate surface area is 129 Å². The fourth-order valence-corrected chi connectivity index (χ4v) is 4.11. The molecule has 0 spiro atoms. The summed E-state index contributed by atoms with van der Waals surface area (Å²) in [6.45, 7) is 11.9. The summed E-state index contributed by atoms with van der Waals surface area (Å²) in [5.41, 5.74) is 0. The Morgan fingerprint density at radius 3 is 1.90 bits per heavy atom. The van der Waals surface area contributed by atoms with Crippen LogP contribution in [0.15, 0.2) is 0 Å². The van der Waals surface area contributed by atoms with Crippen molar-refractivity contribution in [2.24, 2.45) is 29.6 Å². The van der Waals surface area contributed by atoms with E-state index in [1.807, 2.05) is 0 Å². The van der Waals surface area contributed by atoms with Gasteiger partial charge in [0.2, 0.25) is 0 Å². The van der Waals surface area contributed by atoms with Gasteiger partial charge in [-0.1, -0.05) is 79.6 Å². The summed E-state index contributed by atoms with van der Waals surface area (Å²) in [6, 6.07) is 0. The maximum absolute atomic E-state index is 2.39. The second kappa shape index (κ2) is 9.85. The first-order valence-electron chi connectivity index (χ1n) is 9.52. The van der Waals surface area contributed by atoms with Gasteiger partial charge in [-0.05, 0) is 48.9 Å². The van der Waals surface area contributed by atoms with Crippen molar-refractivity contribution >= 4 is 0 Å². The van der Waals surface area contributed by atoms with Crippen molar-refractivity contribution in [3.63, 3.8) is 0 Å². The molecule has 0 nitrogen and oxygen atoms in total. The molecular formula is C20H40. The van der Waals surface area contributed by atoms with Crippen LogP contribution in [0.3, 0.4) is 0 Å². The highest BCUT2D eigenvalue weighted by atomic mass is 14.4. The van der Waals surface area contributed by atoms with Crippen LogP contribution < -0.4 is 0 Å². The Bertz CT molecular complexity index is 228. The van der Waals surface area contributed by atoms with Crippen LogP contribution in [0.2, 0.25) is 0 Å². The minimum atomic E-state index is 0.890. The van der Waals surface area contributed by atoms with Crippen molar-refractivity contribution in [2.75, 3.05) is 0 Å². The van der Waals surface area contributed by atoms with Gasteiger partial charge >= 0.3 is 0 Å². The molecule has 0 heteroatoms. The molecule has 1 rings (SSSR count). The van der Waals surface area contributed by atoms with Gasteiger partial charge in [0.25, 0.3) is 0 Å². The highest BCUT2D eigenvalue weighted by Gasteiger charge is 2.32. The van der Waals surface area contributed by atoms with Gasteiger partial charge in [-0.15, -0.1) is 0 Å². The standard InChI is InChI=1S/C20H40/c1-6-7-10-18-14-19(11-8-9-16(2)3)20(15-18)13-12-17(4)5/h16-20H,6-15H2,1-5H3. The monoisotopic (exact) mass is 280 g/mol. The zero-order valence-electron chi connectivity index (χ0n) is 15.0. The van der Waals surface area contributed by atoms with E-state index < -0.39 is 0 Å². The van der Waals surface area contributed by atoms with Crippen LogP contribution in [0, 0.1) is 29.6 Å². The highest BCUT2D eigenvalue weighted by Crippen LogP contribution is 2.44. The average Bonchev–Trinajstić information content (AvgIpc) is 2.76. The van der Waals surface area contributed by atoms with Crippen LogP contribution in [0.25, 0.3) is 0 Å². The lowest BCUT2D eigenvalue weighted by Gasteiger charge is -2.20. The molecule has 3 unspecified atom stereocenters. The summed E-state index contributed by atoms with van der Waals surface area (Å²) < 4.78 is 0. The van der Waals surface area contributed by atoms with Gasteiger partial charge in [-0.25, -0.2) is 0 Å². The first kappa shape index (κ1) is 18.1. The topological polar surface area (TPSA) is 0 Å². The summed E-state index contributed by atoms with van der Waals surface area (Å²) in [7, 11) is 0. The van der Waals surface area contributed by atoms with E-state index in [0.29, 0.717) is 0 Å². The summed E-state index contributed by atoms with van der Waals surface area (Å²) >= 11 is 0. The van der Waals surface area contributed by atoms with Crippen molar-refractivity contribution in [3.05, 3.63) is 0 Å². The van der Waals surface area contributed by atoms with Crippen molar-refractivity contribution in [2.45, 2.75) is 98.8 Å². The third-order valence-corrected chi connectivity index (χ3v) is 5.38. The predicted molar refractivity (Wildman–Crippen MR) is 92.0 cm³/mol. The lowest BCUT2D eigenvalue weighted by molar-refractivity contribution is 0.308. The van der Waals surface area contributed by atoms with Crippen molar-refractivity contribution in [1.82, 2.24) is 0 Å². The minimum absolute atomic E-state index is 0.890. The summed E-state index contributed by atoms with van der Waals surface area (Å²) in [6.07, 6.45) is 14.8. The van der Waals surface area contributed by atoms with Crippen LogP contribution in [0.4, 0.5) is 0 Å². The van der Waals surface area contributed by atoms with Crippen molar-refractivity contribution < 1.29 is 0 Å². The summed E-state index contributed by atoms with van der Waals surface area (Å²) in [5, 5.41) is 0. The molecule has 0 aliphatic heterocycles. The van der Waals surface area contributed by atoms with Crippen LogP contribution in [0.1, 0.15) is 98.8 Å². The maximum atomic E-state index is 2.39. The number of hydrogen-bond acceptors (Lipinski definition) is 0. The first-order valence-corrected chi connectivity index (χ1v) is 9.52. The van der Waals surface area contributed by atoms with Crippen LogP contribution in [0.5, 0.6) is 0 Å². The molecule has 1 saturated carbocycles. The maximum Gasteiger partial charge on any atom is -0.0383 e. The molecule has 1 fully saturated rings. The molecule has 1 aliphatic rings. The molecular weight excluding hydrogens is 240 g/mol. The fraction of sp³-hybridized carbons (Fsp3) is 1.00. The molecule has 0 aromatic carbocycles. The minimum Gasteiger partial charge on any atom is -0.0654 e. The molecule has 120 valence electrons. The normalized spacial score (nSPS) is 26.9. The zero-order valence-corrected chi connectivity index (χ0v) is 15.0. The van der Waals surface area contributed by atoms with Crippen LogP contribution in [-0.4, -0.2) is 0 Å². The molecule has 0 N–H and O–H groups in total. The van der Waals surface area contributed by atoms with E-state index in [0.717, 1.165) is 29.6 Å². The Morgan fingerprint density at radius 1 is 0.750 bits per heavy atom. The zero-order chi connectivity index (χ0) is 15.0. The molecule has 1 aliphatic carbocycles. The average molecular weight is 281 g/mol. The largest absolute Gasteiger partial charge is 0.0654 e. The third-order valence-electron chi connectivity index (χ3n) is 5.38. The van der Waals surface area contributed by atoms with Gasteiger partial charge in [-0.2, -0.15) is 0 Å². The molecule has 0 aromatic rings. The van der Waals surface area contributed by atoms with E-state index in [1.54, 1.807) is 12.8 Å². The Hall–Kier alpha value is 0. The van der Waals surface area contributed by atoms with Gasteiger partial charge in [0.05, 0.1) is 0 Å². The van der Waals surface area contributed by atoms with Crippen molar-refractivity contribution in [1.29, 1.82) is 0 Å². The lowest BCUT2D eigenvalue weighted by Crippen LogP contribution is -2.09. The SMILES string of the molecule is CCCCC1CC(CCCC(C)C)C(CCC(C)C)C1. The molecule has 0 aromatic heterocycles. The van der Waals surface area contributed by atoms with Crippen molar-refractivity contribution in [3.8, 4) is 0 Å². The van der Waals surface area contributed by atoms with Gasteiger partial charge in [0.1, 0.15) is 0 Å². The number of rotatable bonds is 10. The molecule has 0 amide bonds. The number of unbranched alkanes of at least 4 members (excludes halogenated alkanes) is 1. The predicted octanol–water partition coefficient (Wildman–Crippen LogP) is 7.08. The van der Waals surface area contributed by atoms with Gasteiger partial charge in [-0.3, -0.25) is 0 Å². The van der Waals surface area contributed by atoms with E-state index in [9.17, 15) is 0 Å². The van der Waals surface area contributed by atoms with E-state index >= 15 is 0 Å². The Kier molecular flexibility index (Phi) is 8.89. The van der Waals surface area contributed by atoms with E-state index in [1.165, 1.54) is 51.4 Å². The second-order valence-electron chi connectivity index (χ2n) is 8.30. The second-order valence-corrected chi connectivity index (χ2v) is 8.30. The Balaban J connectivity index is 2.38. The lowest BCUT2D eigenvalue weighted by atomic mass is 9.85.